The SMILES string of the molecule is Oc1ccc(-c2ncc(C3CCC3)cn2)cc1. The van der Waals surface area contributed by atoms with E-state index < -0.39 is 0 Å². The van der Waals surface area contributed by atoms with E-state index >= 15 is 0 Å². The number of rotatable bonds is 2. The summed E-state index contributed by atoms with van der Waals surface area (Å²) in [4.78, 5) is 8.78. The maximum atomic E-state index is 9.22. The van der Waals surface area contributed by atoms with Gasteiger partial charge in [0, 0.05) is 18.0 Å². The van der Waals surface area contributed by atoms with Crippen LogP contribution in [-0.4, -0.2) is 15.1 Å². The first-order valence-corrected chi connectivity index (χ1v) is 5.94. The van der Waals surface area contributed by atoms with Crippen molar-refractivity contribution in [2.75, 3.05) is 0 Å². The Hall–Kier alpha value is -1.90. The highest BCUT2D eigenvalue weighted by Crippen LogP contribution is 2.35. The van der Waals surface area contributed by atoms with Gasteiger partial charge >= 0.3 is 0 Å². The molecule has 17 heavy (non-hydrogen) atoms. The summed E-state index contributed by atoms with van der Waals surface area (Å²) in [7, 11) is 0. The Morgan fingerprint density at radius 2 is 1.65 bits per heavy atom. The highest BCUT2D eigenvalue weighted by molar-refractivity contribution is 5.55. The Balaban J connectivity index is 1.86. The molecule has 86 valence electrons. The standard InChI is InChI=1S/C14H14N2O/c17-13-6-4-11(5-7-13)14-15-8-12(9-16-14)10-2-1-3-10/h4-10,17H,1-3H2. The van der Waals surface area contributed by atoms with Gasteiger partial charge in [0.1, 0.15) is 5.75 Å². The summed E-state index contributed by atoms with van der Waals surface area (Å²) in [5.41, 5.74) is 2.18. The summed E-state index contributed by atoms with van der Waals surface area (Å²) < 4.78 is 0. The molecule has 1 saturated carbocycles. The third kappa shape index (κ3) is 2.00. The Bertz CT molecular complexity index is 501. The van der Waals surface area contributed by atoms with Crippen LogP contribution < -0.4 is 0 Å². The van der Waals surface area contributed by atoms with Crippen molar-refractivity contribution in [3.05, 3.63) is 42.2 Å². The lowest BCUT2D eigenvalue weighted by atomic mass is 9.81. The zero-order chi connectivity index (χ0) is 11.7. The molecule has 1 fully saturated rings. The van der Waals surface area contributed by atoms with E-state index in [1.165, 1.54) is 24.8 Å². The van der Waals surface area contributed by atoms with Crippen LogP contribution in [-0.2, 0) is 0 Å². The molecule has 1 N–H and O–H groups in total. The number of phenols is 1. The highest BCUT2D eigenvalue weighted by Gasteiger charge is 2.19. The van der Waals surface area contributed by atoms with Crippen LogP contribution in [0.3, 0.4) is 0 Å². The van der Waals surface area contributed by atoms with Crippen molar-refractivity contribution in [3.63, 3.8) is 0 Å². The third-order valence-electron chi connectivity index (χ3n) is 3.37. The van der Waals surface area contributed by atoms with Gasteiger partial charge in [-0.15, -0.1) is 0 Å². The minimum atomic E-state index is 0.264. The molecule has 1 aromatic heterocycles. The van der Waals surface area contributed by atoms with Crippen molar-refractivity contribution in [1.29, 1.82) is 0 Å². The largest absolute Gasteiger partial charge is 0.508 e. The van der Waals surface area contributed by atoms with Gasteiger partial charge in [-0.2, -0.15) is 0 Å². The number of hydrogen-bond acceptors (Lipinski definition) is 3. The molecule has 2 aromatic rings. The molecule has 0 saturated heterocycles. The number of nitrogens with zero attached hydrogens (tertiary/aromatic N) is 2. The number of phenolic OH excluding ortho intramolecular Hbond substituents is 1. The third-order valence-corrected chi connectivity index (χ3v) is 3.37. The number of aromatic nitrogens is 2. The van der Waals surface area contributed by atoms with Gasteiger partial charge in [0.25, 0.3) is 0 Å². The monoisotopic (exact) mass is 226 g/mol. The molecule has 0 aliphatic heterocycles. The molecule has 1 aromatic carbocycles. The van der Waals surface area contributed by atoms with Crippen molar-refractivity contribution in [1.82, 2.24) is 9.97 Å². The lowest BCUT2D eigenvalue weighted by Gasteiger charge is -2.24. The minimum absolute atomic E-state index is 0.264. The zero-order valence-electron chi connectivity index (χ0n) is 9.50. The van der Waals surface area contributed by atoms with Gasteiger partial charge in [0.05, 0.1) is 0 Å². The van der Waals surface area contributed by atoms with Crippen LogP contribution in [0, 0.1) is 0 Å². The summed E-state index contributed by atoms with van der Waals surface area (Å²) in [5, 5.41) is 9.22. The summed E-state index contributed by atoms with van der Waals surface area (Å²) in [6, 6.07) is 6.96. The second-order valence-electron chi connectivity index (χ2n) is 4.51. The second kappa shape index (κ2) is 4.17. The van der Waals surface area contributed by atoms with E-state index in [1.807, 2.05) is 24.5 Å². The number of aromatic hydroxyl groups is 1. The van der Waals surface area contributed by atoms with Crippen molar-refractivity contribution < 1.29 is 5.11 Å². The molecular formula is C14H14N2O. The maximum absolute atomic E-state index is 9.22. The van der Waals surface area contributed by atoms with Crippen molar-refractivity contribution in [2.24, 2.45) is 0 Å². The van der Waals surface area contributed by atoms with E-state index in [-0.39, 0.29) is 5.75 Å². The molecule has 1 aliphatic carbocycles. The summed E-state index contributed by atoms with van der Waals surface area (Å²) >= 11 is 0. The van der Waals surface area contributed by atoms with Crippen LogP contribution in [0.1, 0.15) is 30.7 Å². The van der Waals surface area contributed by atoms with E-state index in [0.717, 1.165) is 5.56 Å². The van der Waals surface area contributed by atoms with Crippen molar-refractivity contribution in [2.45, 2.75) is 25.2 Å². The van der Waals surface area contributed by atoms with Crippen LogP contribution in [0.4, 0.5) is 0 Å². The lowest BCUT2D eigenvalue weighted by Crippen LogP contribution is -2.09. The zero-order valence-corrected chi connectivity index (χ0v) is 9.50. The van der Waals surface area contributed by atoms with Gasteiger partial charge in [-0.3, -0.25) is 0 Å². The summed E-state index contributed by atoms with van der Waals surface area (Å²) in [6.45, 7) is 0. The Morgan fingerprint density at radius 3 is 2.18 bits per heavy atom. The fourth-order valence-corrected chi connectivity index (χ4v) is 2.05. The quantitative estimate of drug-likeness (QED) is 0.855. The van der Waals surface area contributed by atoms with E-state index in [0.29, 0.717) is 11.7 Å². The van der Waals surface area contributed by atoms with Gasteiger partial charge in [-0.05, 0) is 48.6 Å². The average Bonchev–Trinajstić information content (AvgIpc) is 2.29. The first kappa shape index (κ1) is 10.3. The first-order chi connectivity index (χ1) is 8.33. The Kier molecular flexibility index (Phi) is 2.52. The summed E-state index contributed by atoms with van der Waals surface area (Å²) in [6.07, 6.45) is 7.71. The van der Waals surface area contributed by atoms with Crippen molar-refractivity contribution in [3.8, 4) is 17.1 Å². The smallest absolute Gasteiger partial charge is 0.159 e. The average molecular weight is 226 g/mol. The lowest BCUT2D eigenvalue weighted by molar-refractivity contribution is 0.418. The molecule has 3 rings (SSSR count). The van der Waals surface area contributed by atoms with E-state index in [2.05, 4.69) is 9.97 Å². The molecule has 0 bridgehead atoms. The van der Waals surface area contributed by atoms with Crippen LogP contribution in [0.2, 0.25) is 0 Å². The topological polar surface area (TPSA) is 46.0 Å². The maximum Gasteiger partial charge on any atom is 0.159 e. The van der Waals surface area contributed by atoms with Gasteiger partial charge in [-0.25, -0.2) is 9.97 Å². The second-order valence-corrected chi connectivity index (χ2v) is 4.51. The van der Waals surface area contributed by atoms with Crippen LogP contribution >= 0.6 is 0 Å². The van der Waals surface area contributed by atoms with Crippen LogP contribution in [0.5, 0.6) is 5.75 Å². The Labute approximate surface area is 100 Å². The molecule has 3 nitrogen and oxygen atoms in total. The van der Waals surface area contributed by atoms with Crippen molar-refractivity contribution >= 4 is 0 Å². The molecular weight excluding hydrogens is 212 g/mol. The van der Waals surface area contributed by atoms with E-state index in [1.54, 1.807) is 12.1 Å². The molecule has 0 spiro atoms. The summed E-state index contributed by atoms with van der Waals surface area (Å²) in [5.74, 6) is 1.65. The van der Waals surface area contributed by atoms with Crippen LogP contribution in [0.25, 0.3) is 11.4 Å². The normalized spacial score (nSPS) is 15.5. The predicted molar refractivity (Wildman–Crippen MR) is 65.7 cm³/mol. The molecule has 0 unspecified atom stereocenters. The molecule has 0 radical (unpaired) electrons. The molecule has 0 amide bonds. The number of benzene rings is 1. The van der Waals surface area contributed by atoms with Gasteiger partial charge in [-0.1, -0.05) is 6.42 Å². The molecule has 0 atom stereocenters. The molecule has 1 aliphatic rings. The van der Waals surface area contributed by atoms with E-state index in [9.17, 15) is 5.11 Å². The van der Waals surface area contributed by atoms with E-state index in [4.69, 9.17) is 0 Å². The van der Waals surface area contributed by atoms with Crippen LogP contribution in [0.15, 0.2) is 36.7 Å². The highest BCUT2D eigenvalue weighted by atomic mass is 16.3. The van der Waals surface area contributed by atoms with Gasteiger partial charge < -0.3 is 5.11 Å². The molecule has 1 heterocycles. The minimum Gasteiger partial charge on any atom is -0.508 e. The number of hydrogen-bond donors (Lipinski definition) is 1. The fourth-order valence-electron chi connectivity index (χ4n) is 2.05. The first-order valence-electron chi connectivity index (χ1n) is 5.94. The Morgan fingerprint density at radius 1 is 1.00 bits per heavy atom. The molecule has 3 heteroatoms. The predicted octanol–water partition coefficient (Wildman–Crippen LogP) is 3.12. The van der Waals surface area contributed by atoms with Gasteiger partial charge in [0.15, 0.2) is 5.82 Å². The fraction of sp³-hybridized carbons (Fsp3) is 0.286. The van der Waals surface area contributed by atoms with Gasteiger partial charge in [0.2, 0.25) is 0 Å².